The van der Waals surface area contributed by atoms with E-state index in [0.717, 1.165) is 18.9 Å². The van der Waals surface area contributed by atoms with E-state index in [1.54, 1.807) is 0 Å². The molecule has 2 aliphatic rings. The molecule has 0 aromatic heterocycles. The molecule has 13 heavy (non-hydrogen) atoms. The van der Waals surface area contributed by atoms with Crippen molar-refractivity contribution in [2.24, 2.45) is 5.92 Å². The molecular weight excluding hydrogens is 162 g/mol. The smallest absolute Gasteiger partial charge is 0.0708 e. The van der Waals surface area contributed by atoms with Crippen molar-refractivity contribution in [1.29, 1.82) is 0 Å². The van der Waals surface area contributed by atoms with Crippen LogP contribution in [0.4, 0.5) is 0 Å². The molecule has 1 heterocycles. The Morgan fingerprint density at radius 2 is 1.62 bits per heavy atom. The van der Waals surface area contributed by atoms with E-state index < -0.39 is 0 Å². The summed E-state index contributed by atoms with van der Waals surface area (Å²) in [5, 5.41) is 13.2. The minimum absolute atomic E-state index is 0.0666. The molecule has 76 valence electrons. The third-order valence-electron chi connectivity index (χ3n) is 3.64. The predicted molar refractivity (Wildman–Crippen MR) is 53.6 cm³/mol. The van der Waals surface area contributed by atoms with Gasteiger partial charge >= 0.3 is 0 Å². The summed E-state index contributed by atoms with van der Waals surface area (Å²) in [4.78, 5) is 0. The van der Waals surface area contributed by atoms with Crippen molar-refractivity contribution in [3.63, 3.8) is 0 Å². The van der Waals surface area contributed by atoms with Crippen LogP contribution in [0.3, 0.4) is 0 Å². The Morgan fingerprint density at radius 1 is 0.923 bits per heavy atom. The van der Waals surface area contributed by atoms with Crippen molar-refractivity contribution in [3.05, 3.63) is 0 Å². The van der Waals surface area contributed by atoms with E-state index in [0.29, 0.717) is 6.04 Å². The van der Waals surface area contributed by atoms with E-state index in [1.807, 2.05) is 0 Å². The maximum atomic E-state index is 9.77. The van der Waals surface area contributed by atoms with Gasteiger partial charge in [-0.3, -0.25) is 0 Å². The Balaban J connectivity index is 1.89. The van der Waals surface area contributed by atoms with Crippen LogP contribution in [0.25, 0.3) is 0 Å². The van der Waals surface area contributed by atoms with E-state index in [9.17, 15) is 5.11 Å². The van der Waals surface area contributed by atoms with Gasteiger partial charge in [0.25, 0.3) is 0 Å². The fourth-order valence-corrected chi connectivity index (χ4v) is 2.86. The second kappa shape index (κ2) is 4.43. The van der Waals surface area contributed by atoms with Crippen molar-refractivity contribution in [3.8, 4) is 0 Å². The second-order valence-corrected chi connectivity index (χ2v) is 4.59. The third-order valence-corrected chi connectivity index (χ3v) is 3.64. The highest BCUT2D eigenvalue weighted by molar-refractivity contribution is 4.89. The molecule has 2 fully saturated rings. The van der Waals surface area contributed by atoms with Crippen LogP contribution >= 0.6 is 0 Å². The van der Waals surface area contributed by atoms with Gasteiger partial charge < -0.3 is 10.4 Å². The van der Waals surface area contributed by atoms with E-state index in [2.05, 4.69) is 5.32 Å². The molecule has 0 aromatic carbocycles. The van der Waals surface area contributed by atoms with Gasteiger partial charge in [-0.25, -0.2) is 0 Å². The van der Waals surface area contributed by atoms with Crippen molar-refractivity contribution in [1.82, 2.24) is 5.32 Å². The van der Waals surface area contributed by atoms with Gasteiger partial charge in [0.15, 0.2) is 0 Å². The first-order chi connectivity index (χ1) is 6.38. The van der Waals surface area contributed by atoms with Gasteiger partial charge in [0.2, 0.25) is 0 Å². The van der Waals surface area contributed by atoms with Crippen LogP contribution in [0.1, 0.15) is 44.9 Å². The molecule has 0 radical (unpaired) electrons. The van der Waals surface area contributed by atoms with E-state index in [1.165, 1.54) is 38.5 Å². The summed E-state index contributed by atoms with van der Waals surface area (Å²) in [5.41, 5.74) is 0. The average Bonchev–Trinajstić information content (AvgIpc) is 2.43. The summed E-state index contributed by atoms with van der Waals surface area (Å²) in [6, 6.07) is 0.415. The van der Waals surface area contributed by atoms with Gasteiger partial charge in [-0.15, -0.1) is 0 Å². The number of hydrogen-bond acceptors (Lipinski definition) is 2. The quantitative estimate of drug-likeness (QED) is 0.606. The lowest BCUT2D eigenvalue weighted by molar-refractivity contribution is 0.125. The molecule has 1 aliphatic heterocycles. The number of rotatable bonds is 1. The van der Waals surface area contributed by atoms with Gasteiger partial charge in [-0.05, 0) is 31.7 Å². The van der Waals surface area contributed by atoms with Gasteiger partial charge in [-0.1, -0.05) is 25.7 Å². The van der Waals surface area contributed by atoms with E-state index >= 15 is 0 Å². The van der Waals surface area contributed by atoms with Crippen molar-refractivity contribution >= 4 is 0 Å². The fraction of sp³-hybridized carbons (Fsp3) is 1.00. The molecule has 0 amide bonds. The highest BCUT2D eigenvalue weighted by Crippen LogP contribution is 2.29. The van der Waals surface area contributed by atoms with E-state index in [4.69, 9.17) is 0 Å². The third kappa shape index (κ3) is 2.23. The van der Waals surface area contributed by atoms with Crippen LogP contribution in [-0.4, -0.2) is 23.8 Å². The van der Waals surface area contributed by atoms with Gasteiger partial charge in [-0.2, -0.15) is 0 Å². The van der Waals surface area contributed by atoms with Crippen LogP contribution in [0.5, 0.6) is 0 Å². The molecule has 1 aliphatic carbocycles. The average molecular weight is 183 g/mol. The molecule has 1 saturated carbocycles. The summed E-state index contributed by atoms with van der Waals surface area (Å²) < 4.78 is 0. The number of aliphatic hydroxyl groups is 1. The molecule has 2 rings (SSSR count). The SMILES string of the molecule is OC1CCNC1C1CCCCCC1. The number of nitrogens with one attached hydrogen (secondary N) is 1. The Hall–Kier alpha value is -0.0800. The summed E-state index contributed by atoms with van der Waals surface area (Å²) in [6.07, 6.45) is 9.09. The largest absolute Gasteiger partial charge is 0.391 e. The minimum atomic E-state index is -0.0666. The topological polar surface area (TPSA) is 32.3 Å². The monoisotopic (exact) mass is 183 g/mol. The molecule has 2 unspecified atom stereocenters. The van der Waals surface area contributed by atoms with Crippen LogP contribution in [0, 0.1) is 5.92 Å². The van der Waals surface area contributed by atoms with E-state index in [-0.39, 0.29) is 6.10 Å². The highest BCUT2D eigenvalue weighted by atomic mass is 16.3. The molecule has 2 N–H and O–H groups in total. The minimum Gasteiger partial charge on any atom is -0.391 e. The fourth-order valence-electron chi connectivity index (χ4n) is 2.86. The zero-order valence-corrected chi connectivity index (χ0v) is 8.34. The van der Waals surface area contributed by atoms with Crippen LogP contribution in [0.15, 0.2) is 0 Å². The lowest BCUT2D eigenvalue weighted by Gasteiger charge is -2.24. The Kier molecular flexibility index (Phi) is 3.23. The molecule has 2 atom stereocenters. The predicted octanol–water partition coefficient (Wildman–Crippen LogP) is 1.68. The number of aliphatic hydroxyl groups excluding tert-OH is 1. The Bertz CT molecular complexity index is 152. The molecule has 0 bridgehead atoms. The van der Waals surface area contributed by atoms with Crippen LogP contribution in [0.2, 0.25) is 0 Å². The summed E-state index contributed by atoms with van der Waals surface area (Å²) in [6.45, 7) is 1.02. The lowest BCUT2D eigenvalue weighted by Crippen LogP contribution is -2.37. The zero-order chi connectivity index (χ0) is 9.10. The van der Waals surface area contributed by atoms with Crippen molar-refractivity contribution in [2.75, 3.05) is 6.54 Å². The highest BCUT2D eigenvalue weighted by Gasteiger charge is 2.31. The maximum absolute atomic E-state index is 9.77. The van der Waals surface area contributed by atoms with Gasteiger partial charge in [0, 0.05) is 6.04 Å². The van der Waals surface area contributed by atoms with Gasteiger partial charge in [0.05, 0.1) is 6.10 Å². The number of hydrogen-bond donors (Lipinski definition) is 2. The molecule has 0 spiro atoms. The van der Waals surface area contributed by atoms with Crippen molar-refractivity contribution in [2.45, 2.75) is 57.1 Å². The standard InChI is InChI=1S/C11H21NO/c13-10-7-8-12-11(10)9-5-3-1-2-4-6-9/h9-13H,1-8H2. The van der Waals surface area contributed by atoms with Crippen molar-refractivity contribution < 1.29 is 5.11 Å². The first-order valence-corrected chi connectivity index (χ1v) is 5.79. The zero-order valence-electron chi connectivity index (χ0n) is 8.34. The lowest BCUT2D eigenvalue weighted by atomic mass is 9.89. The molecular formula is C11H21NO. The summed E-state index contributed by atoms with van der Waals surface area (Å²) >= 11 is 0. The molecule has 0 aromatic rings. The molecule has 2 nitrogen and oxygen atoms in total. The summed E-state index contributed by atoms with van der Waals surface area (Å²) in [5.74, 6) is 0.750. The Labute approximate surface area is 80.7 Å². The summed E-state index contributed by atoms with van der Waals surface area (Å²) in [7, 11) is 0. The molecule has 2 heteroatoms. The first-order valence-electron chi connectivity index (χ1n) is 5.79. The normalized spacial score (nSPS) is 37.6. The van der Waals surface area contributed by atoms with Crippen LogP contribution < -0.4 is 5.32 Å². The molecule has 1 saturated heterocycles. The second-order valence-electron chi connectivity index (χ2n) is 4.59. The maximum Gasteiger partial charge on any atom is 0.0708 e. The van der Waals surface area contributed by atoms with Crippen LogP contribution in [-0.2, 0) is 0 Å². The Morgan fingerprint density at radius 3 is 2.15 bits per heavy atom. The first kappa shape index (κ1) is 9.47. The van der Waals surface area contributed by atoms with Gasteiger partial charge in [0.1, 0.15) is 0 Å².